The Morgan fingerprint density at radius 1 is 0.388 bits per heavy atom. The molecule has 7 aromatic rings. The van der Waals surface area contributed by atoms with Crippen molar-refractivity contribution in [3.05, 3.63) is 130 Å². The monoisotopic (exact) mass is 1130 g/mol. The minimum absolute atomic E-state index is 0.386. The van der Waals surface area contributed by atoms with Crippen molar-refractivity contribution in [2.75, 3.05) is 28.4 Å². The van der Waals surface area contributed by atoms with Gasteiger partial charge in [0.1, 0.15) is 57.2 Å². The van der Waals surface area contributed by atoms with Crippen molar-refractivity contribution in [2.45, 2.75) is 183 Å². The third-order valence-corrected chi connectivity index (χ3v) is 16.6. The van der Waals surface area contributed by atoms with E-state index in [2.05, 4.69) is 121 Å². The van der Waals surface area contributed by atoms with E-state index in [9.17, 15) is 0 Å². The average Bonchev–Trinajstić information content (AvgIpc) is 3.56. The maximum atomic E-state index is 7.54. The van der Waals surface area contributed by atoms with Gasteiger partial charge in [0.25, 0.3) is 0 Å². The maximum Gasteiger partial charge on any atom is 0.530 e. The Hall–Kier alpha value is -5.95. The van der Waals surface area contributed by atoms with Crippen LogP contribution in [-0.2, 0) is 34.5 Å². The van der Waals surface area contributed by atoms with E-state index >= 15 is 0 Å². The van der Waals surface area contributed by atoms with E-state index < -0.39 is 27.7 Å². The lowest BCUT2D eigenvalue weighted by atomic mass is 9.81. The Kier molecular flexibility index (Phi) is 20.3. The highest BCUT2D eigenvalue weighted by atomic mass is 31.2. The molecule has 1 aromatic heterocycles. The van der Waals surface area contributed by atoms with Gasteiger partial charge in [-0.1, -0.05) is 160 Å². The highest BCUT2D eigenvalue weighted by Gasteiger charge is 2.34. The zero-order chi connectivity index (χ0) is 58.2. The van der Waals surface area contributed by atoms with Crippen molar-refractivity contribution in [3.63, 3.8) is 0 Å². The van der Waals surface area contributed by atoms with E-state index in [0.29, 0.717) is 68.3 Å². The van der Waals surface area contributed by atoms with Crippen molar-refractivity contribution in [2.24, 2.45) is 0 Å². The number of fused-ring (bicyclic) bond motifs is 3. The van der Waals surface area contributed by atoms with E-state index in [0.717, 1.165) is 58.7 Å². The Balaban J connectivity index is 1.50. The van der Waals surface area contributed by atoms with Crippen LogP contribution in [0.2, 0.25) is 0 Å². The molecule has 0 bridgehead atoms. The average molecular weight is 1130 g/mol. The van der Waals surface area contributed by atoms with E-state index in [-0.39, 0.29) is 10.8 Å². The number of hydrogen-bond acceptors (Lipinski definition) is 10. The molecule has 0 unspecified atom stereocenters. The molecule has 6 aromatic carbocycles. The standard InChI is InChI=1S/C68H90O10P2/c1-19-21-23-25-27-45-29-33-47(34-30-45)73-79(74-48-35-31-46(32-36-48)28-26-24-22-20-2)75-61-53(37-49(69-15)41-57(61)65(3,4)5)54-38-50(70-16)42-58(66(6,7)8)62(54)76-80-77-63-55(39-51(71-17)43-59(63)67(9,10)11)56-40-52(72-18)44-60(64(56)78-80)68(12,13)14/h29-44H,19-28H2,1-18H3. The third kappa shape index (κ3) is 15.3. The predicted molar refractivity (Wildman–Crippen MR) is 333 cm³/mol. The van der Waals surface area contributed by atoms with E-state index in [1.807, 2.05) is 72.8 Å². The van der Waals surface area contributed by atoms with Gasteiger partial charge in [0.15, 0.2) is 0 Å². The first kappa shape index (κ1) is 61.7. The van der Waals surface area contributed by atoms with E-state index in [4.69, 9.17) is 45.4 Å². The molecule has 7 rings (SSSR count). The summed E-state index contributed by atoms with van der Waals surface area (Å²) in [5.74, 6) is 4.98. The minimum Gasteiger partial charge on any atom is -0.497 e. The molecule has 0 aliphatic heterocycles. The van der Waals surface area contributed by atoms with Gasteiger partial charge in [-0.15, -0.1) is 0 Å². The second-order valence-corrected chi connectivity index (χ2v) is 27.1. The molecule has 1 heterocycles. The van der Waals surface area contributed by atoms with Gasteiger partial charge in [0.2, 0.25) is 0 Å². The molecule has 0 spiro atoms. The molecular weight excluding hydrogens is 1040 g/mol. The second-order valence-electron chi connectivity index (χ2n) is 25.1. The van der Waals surface area contributed by atoms with Crippen LogP contribution >= 0.6 is 16.8 Å². The van der Waals surface area contributed by atoms with Crippen molar-refractivity contribution in [1.29, 1.82) is 0 Å². The lowest BCUT2D eigenvalue weighted by Gasteiger charge is -2.29. The molecular formula is C68H90O10P2. The highest BCUT2D eigenvalue weighted by molar-refractivity contribution is 7.43. The Morgan fingerprint density at radius 2 is 0.738 bits per heavy atom. The fourth-order valence-electron chi connectivity index (χ4n) is 9.83. The van der Waals surface area contributed by atoms with Crippen molar-refractivity contribution >= 4 is 38.8 Å². The smallest absolute Gasteiger partial charge is 0.497 e. The first-order chi connectivity index (χ1) is 37.9. The van der Waals surface area contributed by atoms with Crippen LogP contribution in [0.3, 0.4) is 0 Å². The van der Waals surface area contributed by atoms with Crippen LogP contribution in [-0.4, -0.2) is 28.4 Å². The number of benzene rings is 6. The SMILES string of the molecule is CCCCCCc1ccc(OP(Oc2ccc(CCCCCC)cc2)Oc2c(-c3cc(OC)cc(C(C)(C)C)c3Op3oc4c(C(C)(C)C)cc(OC)cc4c4cc(OC)cc(C(C)(C)C)c4o3)cc(OC)cc2C(C)(C)C)cc1. The van der Waals surface area contributed by atoms with E-state index in [1.165, 1.54) is 49.7 Å². The van der Waals surface area contributed by atoms with Gasteiger partial charge in [0.05, 0.1) is 28.4 Å². The number of methoxy groups -OCH3 is 4. The molecule has 0 N–H and O–H groups in total. The van der Waals surface area contributed by atoms with E-state index in [1.54, 1.807) is 28.4 Å². The van der Waals surface area contributed by atoms with Crippen molar-refractivity contribution < 1.29 is 45.4 Å². The molecule has 0 fully saturated rings. The highest BCUT2D eigenvalue weighted by Crippen LogP contribution is 2.56. The maximum absolute atomic E-state index is 7.54. The second kappa shape index (κ2) is 26.3. The van der Waals surface area contributed by atoms with Crippen LogP contribution in [0.4, 0.5) is 0 Å². The molecule has 432 valence electrons. The normalized spacial score (nSPS) is 12.2. The largest absolute Gasteiger partial charge is 0.530 e. The van der Waals surface area contributed by atoms with Gasteiger partial charge in [-0.05, 0) is 131 Å². The summed E-state index contributed by atoms with van der Waals surface area (Å²) in [6.07, 6.45) is 11.6. The Labute approximate surface area is 480 Å². The third-order valence-electron chi connectivity index (χ3n) is 14.5. The van der Waals surface area contributed by atoms with Gasteiger partial charge >= 0.3 is 16.8 Å². The first-order valence-electron chi connectivity index (χ1n) is 28.7. The first-order valence-corrected chi connectivity index (χ1v) is 30.8. The molecule has 0 aliphatic carbocycles. The number of rotatable bonds is 23. The minimum atomic E-state index is -2.28. The summed E-state index contributed by atoms with van der Waals surface area (Å²) in [6, 6.07) is 32.9. The number of hydrogen-bond donors (Lipinski definition) is 0. The predicted octanol–water partition coefficient (Wildman–Crippen LogP) is 21.0. The van der Waals surface area contributed by atoms with Gasteiger partial charge in [-0.2, -0.15) is 0 Å². The Morgan fingerprint density at radius 3 is 1.10 bits per heavy atom. The zero-order valence-corrected chi connectivity index (χ0v) is 53.1. The molecule has 10 nitrogen and oxygen atoms in total. The van der Waals surface area contributed by atoms with Crippen LogP contribution < -0.4 is 37.0 Å². The summed E-state index contributed by atoms with van der Waals surface area (Å²) in [5, 5.41) is 1.62. The molecule has 0 saturated carbocycles. The van der Waals surface area contributed by atoms with Crippen molar-refractivity contribution in [1.82, 2.24) is 0 Å². The summed E-state index contributed by atoms with van der Waals surface area (Å²) in [4.78, 5) is 0. The molecule has 80 heavy (non-hydrogen) atoms. The summed E-state index contributed by atoms with van der Waals surface area (Å²) in [6.45, 7) is 30.5. The number of unbranched alkanes of at least 4 members (excludes halogenated alkanes) is 6. The summed E-state index contributed by atoms with van der Waals surface area (Å²) in [5.41, 5.74) is 6.97. The van der Waals surface area contributed by atoms with Gasteiger partial charge in [-0.3, -0.25) is 0 Å². The molecule has 0 saturated heterocycles. The zero-order valence-electron chi connectivity index (χ0n) is 51.3. The number of ether oxygens (including phenoxy) is 4. The molecule has 0 radical (unpaired) electrons. The van der Waals surface area contributed by atoms with Gasteiger partial charge < -0.3 is 45.4 Å². The fourth-order valence-corrected chi connectivity index (χ4v) is 12.0. The Bertz CT molecular complexity index is 3080. The van der Waals surface area contributed by atoms with Gasteiger partial charge in [-0.25, -0.2) is 0 Å². The van der Waals surface area contributed by atoms with Crippen LogP contribution in [0.25, 0.3) is 33.1 Å². The van der Waals surface area contributed by atoms with Crippen LogP contribution in [0.1, 0.15) is 182 Å². The molecule has 0 atom stereocenters. The van der Waals surface area contributed by atoms with Crippen LogP contribution in [0.15, 0.2) is 105 Å². The van der Waals surface area contributed by atoms with Gasteiger partial charge in [0, 0.05) is 44.2 Å². The van der Waals surface area contributed by atoms with Crippen LogP contribution in [0.5, 0.6) is 46.0 Å². The summed E-state index contributed by atoms with van der Waals surface area (Å²) >= 11 is 0. The fraction of sp³-hybridized carbons (Fsp3) is 0.471. The number of aryl methyl sites for hydroxylation is 2. The molecule has 0 amide bonds. The summed E-state index contributed by atoms with van der Waals surface area (Å²) < 4.78 is 67.7. The van der Waals surface area contributed by atoms with Crippen molar-refractivity contribution in [3.8, 4) is 57.1 Å². The quantitative estimate of drug-likeness (QED) is 0.0455. The topological polar surface area (TPSA) is 100 Å². The molecule has 12 heteroatoms. The lowest BCUT2D eigenvalue weighted by Crippen LogP contribution is -2.16. The lowest BCUT2D eigenvalue weighted by molar-refractivity contribution is 0.380. The van der Waals surface area contributed by atoms with Crippen LogP contribution in [0, 0.1) is 0 Å². The molecule has 0 aliphatic rings. The summed E-state index contributed by atoms with van der Waals surface area (Å²) in [7, 11) is 2.30.